The van der Waals surface area contributed by atoms with Gasteiger partial charge >= 0.3 is 0 Å². The summed E-state index contributed by atoms with van der Waals surface area (Å²) in [7, 11) is 0. The predicted octanol–water partition coefficient (Wildman–Crippen LogP) is 2.12. The number of aromatic nitrogens is 2. The maximum absolute atomic E-state index is 5.72. The van der Waals surface area contributed by atoms with E-state index < -0.39 is 0 Å². The summed E-state index contributed by atoms with van der Waals surface area (Å²) in [6.45, 7) is 7.09. The molecule has 1 aromatic rings. The molecule has 4 heteroatoms. The average Bonchev–Trinajstić information content (AvgIpc) is 2.99. The Morgan fingerprint density at radius 1 is 1.59 bits per heavy atom. The van der Waals surface area contributed by atoms with Crippen LogP contribution in [0.3, 0.4) is 0 Å². The molecule has 1 aliphatic heterocycles. The molecule has 96 valence electrons. The number of nitrogens with zero attached hydrogens (tertiary/aromatic N) is 2. The van der Waals surface area contributed by atoms with Crippen molar-refractivity contribution in [2.24, 2.45) is 0 Å². The summed E-state index contributed by atoms with van der Waals surface area (Å²) in [6.07, 6.45) is 8.00. The Balaban J connectivity index is 1.99. The summed E-state index contributed by atoms with van der Waals surface area (Å²) in [5, 5.41) is 7.88. The zero-order valence-electron chi connectivity index (χ0n) is 10.9. The predicted molar refractivity (Wildman–Crippen MR) is 67.9 cm³/mol. The summed E-state index contributed by atoms with van der Waals surface area (Å²) in [5.41, 5.74) is 1.28. The van der Waals surface area contributed by atoms with Gasteiger partial charge in [-0.2, -0.15) is 5.10 Å². The Kier molecular flexibility index (Phi) is 4.57. The van der Waals surface area contributed by atoms with Gasteiger partial charge in [0, 0.05) is 31.0 Å². The Bertz CT molecular complexity index is 331. The number of hydrogen-bond donors (Lipinski definition) is 1. The molecule has 1 saturated heterocycles. The van der Waals surface area contributed by atoms with Crippen molar-refractivity contribution < 1.29 is 4.74 Å². The Labute approximate surface area is 103 Å². The zero-order chi connectivity index (χ0) is 12.1. The normalized spacial score (nSPS) is 21.9. The van der Waals surface area contributed by atoms with E-state index in [1.165, 1.54) is 18.4 Å². The zero-order valence-corrected chi connectivity index (χ0v) is 10.9. The van der Waals surface area contributed by atoms with E-state index in [4.69, 9.17) is 4.74 Å². The molecule has 1 fully saturated rings. The van der Waals surface area contributed by atoms with Gasteiger partial charge in [-0.1, -0.05) is 6.92 Å². The lowest BCUT2D eigenvalue weighted by atomic mass is 10.0. The van der Waals surface area contributed by atoms with Gasteiger partial charge < -0.3 is 10.1 Å². The van der Waals surface area contributed by atoms with Gasteiger partial charge in [-0.05, 0) is 32.7 Å². The van der Waals surface area contributed by atoms with E-state index in [2.05, 4.69) is 30.5 Å². The van der Waals surface area contributed by atoms with Crippen molar-refractivity contribution in [1.29, 1.82) is 0 Å². The van der Waals surface area contributed by atoms with Crippen molar-refractivity contribution in [2.45, 2.75) is 51.8 Å². The molecule has 0 saturated carbocycles. The SMILES string of the molecule is CCNC(CC1CCCO1)c1cnn(CC)c1. The van der Waals surface area contributed by atoms with Crippen LogP contribution in [-0.4, -0.2) is 29.0 Å². The quantitative estimate of drug-likeness (QED) is 0.823. The molecular weight excluding hydrogens is 214 g/mol. The van der Waals surface area contributed by atoms with Gasteiger partial charge in [0.05, 0.1) is 12.3 Å². The second-order valence-electron chi connectivity index (χ2n) is 4.61. The molecule has 2 atom stereocenters. The summed E-state index contributed by atoms with van der Waals surface area (Å²) in [5.74, 6) is 0. The van der Waals surface area contributed by atoms with E-state index in [1.807, 2.05) is 10.9 Å². The summed E-state index contributed by atoms with van der Waals surface area (Å²) < 4.78 is 7.70. The summed E-state index contributed by atoms with van der Waals surface area (Å²) in [6, 6.07) is 0.378. The van der Waals surface area contributed by atoms with E-state index in [9.17, 15) is 0 Å². The van der Waals surface area contributed by atoms with Crippen molar-refractivity contribution in [1.82, 2.24) is 15.1 Å². The van der Waals surface area contributed by atoms with Gasteiger partial charge in [0.25, 0.3) is 0 Å². The first-order valence-electron chi connectivity index (χ1n) is 6.70. The number of nitrogens with one attached hydrogen (secondary N) is 1. The second-order valence-corrected chi connectivity index (χ2v) is 4.61. The van der Waals surface area contributed by atoms with Crippen molar-refractivity contribution in [3.8, 4) is 0 Å². The maximum atomic E-state index is 5.72. The molecule has 0 amide bonds. The van der Waals surface area contributed by atoms with Crippen molar-refractivity contribution in [2.75, 3.05) is 13.2 Å². The lowest BCUT2D eigenvalue weighted by molar-refractivity contribution is 0.0947. The highest BCUT2D eigenvalue weighted by Gasteiger charge is 2.22. The number of ether oxygens (including phenoxy) is 1. The standard InChI is InChI=1S/C13H23N3O/c1-3-14-13(8-12-6-5-7-17-12)11-9-15-16(4-2)10-11/h9-10,12-14H,3-8H2,1-2H3. The minimum absolute atomic E-state index is 0.378. The number of aryl methyl sites for hydroxylation is 1. The molecule has 4 nitrogen and oxygen atoms in total. The second kappa shape index (κ2) is 6.17. The van der Waals surface area contributed by atoms with E-state index >= 15 is 0 Å². The smallest absolute Gasteiger partial charge is 0.0594 e. The largest absolute Gasteiger partial charge is 0.378 e. The van der Waals surface area contributed by atoms with Gasteiger partial charge in [0.15, 0.2) is 0 Å². The molecule has 1 aliphatic rings. The van der Waals surface area contributed by atoms with E-state index in [1.54, 1.807) is 0 Å². The maximum Gasteiger partial charge on any atom is 0.0594 e. The minimum Gasteiger partial charge on any atom is -0.378 e. The van der Waals surface area contributed by atoms with E-state index in [0.29, 0.717) is 12.1 Å². The fourth-order valence-corrected chi connectivity index (χ4v) is 2.41. The third-order valence-corrected chi connectivity index (χ3v) is 3.35. The van der Waals surface area contributed by atoms with Crippen LogP contribution >= 0.6 is 0 Å². The molecule has 0 aromatic carbocycles. The van der Waals surface area contributed by atoms with Gasteiger partial charge in [-0.15, -0.1) is 0 Å². The molecular formula is C13H23N3O. The first-order chi connectivity index (χ1) is 8.33. The topological polar surface area (TPSA) is 39.1 Å². The highest BCUT2D eigenvalue weighted by molar-refractivity contribution is 5.10. The molecule has 17 heavy (non-hydrogen) atoms. The van der Waals surface area contributed by atoms with E-state index in [0.717, 1.165) is 26.1 Å². The number of hydrogen-bond acceptors (Lipinski definition) is 3. The molecule has 0 bridgehead atoms. The van der Waals surface area contributed by atoms with Crippen LogP contribution in [-0.2, 0) is 11.3 Å². The molecule has 2 heterocycles. The summed E-state index contributed by atoms with van der Waals surface area (Å²) in [4.78, 5) is 0. The Morgan fingerprint density at radius 2 is 2.47 bits per heavy atom. The average molecular weight is 237 g/mol. The number of rotatable bonds is 6. The first kappa shape index (κ1) is 12.6. The molecule has 0 radical (unpaired) electrons. The van der Waals surface area contributed by atoms with Crippen LogP contribution in [0.2, 0.25) is 0 Å². The fraction of sp³-hybridized carbons (Fsp3) is 0.769. The summed E-state index contributed by atoms with van der Waals surface area (Å²) >= 11 is 0. The molecule has 2 unspecified atom stereocenters. The van der Waals surface area contributed by atoms with Crippen LogP contribution in [0, 0.1) is 0 Å². The third kappa shape index (κ3) is 3.30. The third-order valence-electron chi connectivity index (χ3n) is 3.35. The van der Waals surface area contributed by atoms with Crippen molar-refractivity contribution in [3.63, 3.8) is 0 Å². The van der Waals surface area contributed by atoms with Gasteiger partial charge in [-0.25, -0.2) is 0 Å². The van der Waals surface area contributed by atoms with Gasteiger partial charge in [0.2, 0.25) is 0 Å². The monoisotopic (exact) mass is 237 g/mol. The molecule has 0 aliphatic carbocycles. The van der Waals surface area contributed by atoms with Crippen LogP contribution in [0.4, 0.5) is 0 Å². The first-order valence-corrected chi connectivity index (χ1v) is 6.70. The fourth-order valence-electron chi connectivity index (χ4n) is 2.41. The molecule has 2 rings (SSSR count). The lowest BCUT2D eigenvalue weighted by Gasteiger charge is -2.19. The van der Waals surface area contributed by atoms with Gasteiger partial charge in [-0.3, -0.25) is 4.68 Å². The van der Waals surface area contributed by atoms with Gasteiger partial charge in [0.1, 0.15) is 0 Å². The lowest BCUT2D eigenvalue weighted by Crippen LogP contribution is -2.25. The van der Waals surface area contributed by atoms with Crippen LogP contribution in [0.5, 0.6) is 0 Å². The van der Waals surface area contributed by atoms with Crippen molar-refractivity contribution in [3.05, 3.63) is 18.0 Å². The Morgan fingerprint density at radius 3 is 3.06 bits per heavy atom. The highest BCUT2D eigenvalue weighted by Crippen LogP contribution is 2.24. The van der Waals surface area contributed by atoms with Crippen LogP contribution in [0.25, 0.3) is 0 Å². The minimum atomic E-state index is 0.378. The van der Waals surface area contributed by atoms with Crippen LogP contribution in [0.15, 0.2) is 12.4 Å². The van der Waals surface area contributed by atoms with Crippen molar-refractivity contribution >= 4 is 0 Å². The molecule has 0 spiro atoms. The van der Waals surface area contributed by atoms with Crippen LogP contribution < -0.4 is 5.32 Å². The van der Waals surface area contributed by atoms with E-state index in [-0.39, 0.29) is 0 Å². The highest BCUT2D eigenvalue weighted by atomic mass is 16.5. The Hall–Kier alpha value is -0.870. The molecule has 1 aromatic heterocycles. The van der Waals surface area contributed by atoms with Crippen LogP contribution in [0.1, 0.15) is 44.7 Å². The molecule has 1 N–H and O–H groups in total.